The van der Waals surface area contributed by atoms with Crippen molar-refractivity contribution in [2.75, 3.05) is 0 Å². The molecule has 0 amide bonds. The number of aliphatic imine (C=N–C) groups is 1. The summed E-state index contributed by atoms with van der Waals surface area (Å²) in [7, 11) is 0. The molecule has 1 heterocycles. The zero-order valence-electron chi connectivity index (χ0n) is 10.4. The number of carbonyl (C=O) groups is 1. The van der Waals surface area contributed by atoms with Crippen LogP contribution in [0.15, 0.2) is 23.2 Å². The number of hydrogen-bond donors (Lipinski definition) is 0. The van der Waals surface area contributed by atoms with Crippen LogP contribution in [0.25, 0.3) is 0 Å². The first-order chi connectivity index (χ1) is 8.77. The Bertz CT molecular complexity index is 547. The van der Waals surface area contributed by atoms with Crippen molar-refractivity contribution < 1.29 is 22.7 Å². The monoisotopic (exact) mass is 271 g/mol. The second-order valence-electron chi connectivity index (χ2n) is 4.52. The minimum Gasteiger partial charge on any atom is -0.491 e. The topological polar surface area (TPSA) is 38.7 Å². The maximum absolute atomic E-state index is 12.6. The van der Waals surface area contributed by atoms with Gasteiger partial charge in [0.1, 0.15) is 5.75 Å². The maximum atomic E-state index is 12.6. The molecule has 19 heavy (non-hydrogen) atoms. The van der Waals surface area contributed by atoms with Crippen molar-refractivity contribution in [3.63, 3.8) is 0 Å². The van der Waals surface area contributed by atoms with Gasteiger partial charge in [0.15, 0.2) is 11.5 Å². The van der Waals surface area contributed by atoms with Gasteiger partial charge in [0.25, 0.3) is 0 Å². The lowest BCUT2D eigenvalue weighted by molar-refractivity contribution is -0.116. The van der Waals surface area contributed by atoms with Gasteiger partial charge in [0.2, 0.25) is 0 Å². The highest BCUT2D eigenvalue weighted by molar-refractivity contribution is 6.43. The highest BCUT2D eigenvalue weighted by Gasteiger charge is 2.42. The van der Waals surface area contributed by atoms with E-state index in [1.165, 1.54) is 6.07 Å². The van der Waals surface area contributed by atoms with Crippen LogP contribution in [-0.2, 0) is 11.2 Å². The fraction of sp³-hybridized carbons (Fsp3) is 0.385. The quantitative estimate of drug-likeness (QED) is 0.828. The molecule has 1 aliphatic rings. The first-order valence-electron chi connectivity index (χ1n) is 5.76. The molecule has 0 saturated carbocycles. The first kappa shape index (κ1) is 13.6. The summed E-state index contributed by atoms with van der Waals surface area (Å²) in [5.41, 5.74) is -0.711. The number of carbonyl (C=O) groups excluding carboxylic acids is 1. The number of ketones is 1. The molecule has 102 valence electrons. The van der Waals surface area contributed by atoms with Crippen molar-refractivity contribution in [1.29, 1.82) is 0 Å². The standard InChI is InChI=1S/C13H12F3NO2/c1-7(2)19-9-3-4-10-8(5-9)6-11(18)12(17-10)13(14,15)16/h3-5,7H,6H2,1-2H3. The number of ether oxygens (including phenoxy) is 1. The molecule has 0 spiro atoms. The van der Waals surface area contributed by atoms with Crippen LogP contribution in [-0.4, -0.2) is 23.8 Å². The van der Waals surface area contributed by atoms with Gasteiger partial charge >= 0.3 is 6.18 Å². The van der Waals surface area contributed by atoms with E-state index in [-0.39, 0.29) is 18.2 Å². The van der Waals surface area contributed by atoms with Crippen molar-refractivity contribution in [3.05, 3.63) is 23.8 Å². The number of hydrogen-bond acceptors (Lipinski definition) is 3. The molecule has 0 unspecified atom stereocenters. The molecule has 2 rings (SSSR count). The highest BCUT2D eigenvalue weighted by atomic mass is 19.4. The molecular formula is C13H12F3NO2. The maximum Gasteiger partial charge on any atom is 0.436 e. The number of alkyl halides is 3. The van der Waals surface area contributed by atoms with Gasteiger partial charge in [0.05, 0.1) is 11.8 Å². The third kappa shape index (κ3) is 2.94. The smallest absolute Gasteiger partial charge is 0.436 e. The van der Waals surface area contributed by atoms with Gasteiger partial charge in [-0.2, -0.15) is 13.2 Å². The summed E-state index contributed by atoms with van der Waals surface area (Å²) >= 11 is 0. The zero-order chi connectivity index (χ0) is 14.2. The Morgan fingerprint density at radius 1 is 1.32 bits per heavy atom. The minimum absolute atomic E-state index is 0.0495. The average Bonchev–Trinajstić information content (AvgIpc) is 2.25. The average molecular weight is 271 g/mol. The van der Waals surface area contributed by atoms with E-state index in [4.69, 9.17) is 4.74 Å². The zero-order valence-corrected chi connectivity index (χ0v) is 10.4. The highest BCUT2D eigenvalue weighted by Crippen LogP contribution is 2.32. The molecule has 0 saturated heterocycles. The molecule has 0 aromatic heterocycles. The molecule has 3 nitrogen and oxygen atoms in total. The van der Waals surface area contributed by atoms with E-state index in [1.807, 2.05) is 13.8 Å². The van der Waals surface area contributed by atoms with Gasteiger partial charge < -0.3 is 4.74 Å². The van der Waals surface area contributed by atoms with Crippen LogP contribution < -0.4 is 4.74 Å². The molecule has 1 aliphatic heterocycles. The largest absolute Gasteiger partial charge is 0.491 e. The van der Waals surface area contributed by atoms with Crippen molar-refractivity contribution in [2.45, 2.75) is 32.5 Å². The van der Waals surface area contributed by atoms with E-state index in [1.54, 1.807) is 12.1 Å². The fourth-order valence-corrected chi connectivity index (χ4v) is 1.82. The van der Waals surface area contributed by atoms with Gasteiger partial charge in [-0.15, -0.1) is 0 Å². The van der Waals surface area contributed by atoms with E-state index in [9.17, 15) is 18.0 Å². The molecule has 0 radical (unpaired) electrons. The van der Waals surface area contributed by atoms with Crippen LogP contribution in [0, 0.1) is 0 Å². The SMILES string of the molecule is CC(C)Oc1ccc2c(c1)CC(=O)C(C(F)(F)F)=N2. The summed E-state index contributed by atoms with van der Waals surface area (Å²) in [5, 5.41) is 0. The van der Waals surface area contributed by atoms with Crippen LogP contribution in [0.3, 0.4) is 0 Å². The Hall–Kier alpha value is -1.85. The lowest BCUT2D eigenvalue weighted by Crippen LogP contribution is -2.34. The number of fused-ring (bicyclic) bond motifs is 1. The summed E-state index contributed by atoms with van der Waals surface area (Å²) < 4.78 is 43.1. The first-order valence-corrected chi connectivity index (χ1v) is 5.76. The predicted octanol–water partition coefficient (Wildman–Crippen LogP) is 3.23. The van der Waals surface area contributed by atoms with E-state index >= 15 is 0 Å². The Labute approximate surface area is 108 Å². The fourth-order valence-electron chi connectivity index (χ4n) is 1.82. The predicted molar refractivity (Wildman–Crippen MR) is 64.1 cm³/mol. The molecule has 6 heteroatoms. The lowest BCUT2D eigenvalue weighted by Gasteiger charge is -2.18. The molecular weight excluding hydrogens is 259 g/mol. The van der Waals surface area contributed by atoms with Crippen molar-refractivity contribution >= 4 is 17.2 Å². The van der Waals surface area contributed by atoms with Gasteiger partial charge in [-0.3, -0.25) is 4.79 Å². The normalized spacial score (nSPS) is 15.3. The van der Waals surface area contributed by atoms with Gasteiger partial charge in [-0.25, -0.2) is 4.99 Å². The van der Waals surface area contributed by atoms with E-state index in [2.05, 4.69) is 4.99 Å². The molecule has 0 N–H and O–H groups in total. The summed E-state index contributed by atoms with van der Waals surface area (Å²) in [6.45, 7) is 3.68. The Kier molecular flexibility index (Phi) is 3.34. The van der Waals surface area contributed by atoms with Crippen molar-refractivity contribution in [2.24, 2.45) is 4.99 Å². The van der Waals surface area contributed by atoms with Crippen molar-refractivity contribution in [1.82, 2.24) is 0 Å². The summed E-state index contributed by atoms with van der Waals surface area (Å²) in [4.78, 5) is 14.9. The molecule has 0 aliphatic carbocycles. The third-order valence-corrected chi connectivity index (χ3v) is 2.54. The summed E-state index contributed by atoms with van der Waals surface area (Å²) in [5.74, 6) is -0.492. The van der Waals surface area contributed by atoms with Crippen LogP contribution in [0.2, 0.25) is 0 Å². The third-order valence-electron chi connectivity index (χ3n) is 2.54. The molecule has 0 bridgehead atoms. The second kappa shape index (κ2) is 4.68. The molecule has 1 aromatic rings. The number of Topliss-reactive ketones (excluding diaryl/α,β-unsaturated/α-hetero) is 1. The Morgan fingerprint density at radius 2 is 2.00 bits per heavy atom. The molecule has 0 atom stereocenters. The number of benzene rings is 1. The van der Waals surface area contributed by atoms with Gasteiger partial charge in [-0.1, -0.05) is 0 Å². The van der Waals surface area contributed by atoms with E-state index in [0.717, 1.165) is 0 Å². The van der Waals surface area contributed by atoms with Crippen LogP contribution >= 0.6 is 0 Å². The van der Waals surface area contributed by atoms with Crippen molar-refractivity contribution in [3.8, 4) is 5.75 Å². The van der Waals surface area contributed by atoms with E-state index in [0.29, 0.717) is 11.3 Å². The second-order valence-corrected chi connectivity index (χ2v) is 4.52. The Balaban J connectivity index is 2.38. The number of nitrogens with zero attached hydrogens (tertiary/aromatic N) is 1. The minimum atomic E-state index is -4.71. The lowest BCUT2D eigenvalue weighted by atomic mass is 10.00. The van der Waals surface area contributed by atoms with Crippen LogP contribution in [0.4, 0.5) is 18.9 Å². The Morgan fingerprint density at radius 3 is 2.58 bits per heavy atom. The summed E-state index contributed by atoms with van der Waals surface area (Å²) in [6, 6.07) is 4.54. The number of halogens is 3. The molecule has 1 aromatic carbocycles. The number of rotatable bonds is 2. The van der Waals surface area contributed by atoms with Crippen LogP contribution in [0.5, 0.6) is 5.75 Å². The van der Waals surface area contributed by atoms with Crippen LogP contribution in [0.1, 0.15) is 19.4 Å². The molecule has 0 fully saturated rings. The summed E-state index contributed by atoms with van der Waals surface area (Å²) in [6.07, 6.45) is -5.06. The van der Waals surface area contributed by atoms with E-state index < -0.39 is 17.7 Å². The van der Waals surface area contributed by atoms with Gasteiger partial charge in [0, 0.05) is 6.42 Å². The van der Waals surface area contributed by atoms with Gasteiger partial charge in [-0.05, 0) is 37.6 Å².